The number of aromatic nitrogens is 6. The second kappa shape index (κ2) is 3.56. The molecule has 0 saturated carbocycles. The molecule has 1 amide bonds. The lowest BCUT2D eigenvalue weighted by molar-refractivity contribution is 0.102. The molecule has 0 unspecified atom stereocenters. The van der Waals surface area contributed by atoms with E-state index in [0.717, 1.165) is 0 Å². The molecule has 2 aromatic rings. The number of aromatic amines is 1. The molecule has 2 N–H and O–H groups in total. The van der Waals surface area contributed by atoms with Gasteiger partial charge in [-0.05, 0) is 0 Å². The summed E-state index contributed by atoms with van der Waals surface area (Å²) in [6.07, 6.45) is 4.13. The summed E-state index contributed by atoms with van der Waals surface area (Å²) in [6.45, 7) is 0. The molecule has 0 aliphatic rings. The van der Waals surface area contributed by atoms with E-state index in [0.29, 0.717) is 0 Å². The summed E-state index contributed by atoms with van der Waals surface area (Å²) in [5.74, 6) is -0.313. The van der Waals surface area contributed by atoms with Gasteiger partial charge in [0.25, 0.3) is 5.91 Å². The number of carbonyl (C=O) groups excluding carboxylic acids is 1. The highest BCUT2D eigenvalue weighted by atomic mass is 16.2. The van der Waals surface area contributed by atoms with E-state index in [2.05, 4.69) is 35.9 Å². The second-order valence-electron chi connectivity index (χ2n) is 2.28. The lowest BCUT2D eigenvalue weighted by Crippen LogP contribution is -2.14. The smallest absolute Gasteiger partial charge is 0.280 e. The van der Waals surface area contributed by atoms with Crippen LogP contribution in [0, 0.1) is 0 Å². The third-order valence-electron chi connectivity index (χ3n) is 1.36. The van der Waals surface area contributed by atoms with Crippen LogP contribution >= 0.6 is 0 Å². The lowest BCUT2D eigenvalue weighted by atomic mass is 10.4. The molecule has 0 saturated heterocycles. The van der Waals surface area contributed by atoms with Crippen LogP contribution in [-0.4, -0.2) is 36.5 Å². The predicted octanol–water partition coefficient (Wildman–Crippen LogP) is -0.758. The topological polar surface area (TPSA) is 109 Å². The number of rotatable bonds is 2. The quantitative estimate of drug-likeness (QED) is 0.645. The number of carbonyl (C=O) groups is 1. The van der Waals surface area contributed by atoms with E-state index in [1.807, 2.05) is 0 Å². The highest BCUT2D eigenvalue weighted by Crippen LogP contribution is 1.96. The highest BCUT2D eigenvalue weighted by Gasteiger charge is 2.09. The van der Waals surface area contributed by atoms with Gasteiger partial charge in [-0.15, -0.1) is 5.10 Å². The van der Waals surface area contributed by atoms with E-state index in [-0.39, 0.29) is 11.6 Å². The van der Waals surface area contributed by atoms with E-state index < -0.39 is 5.91 Å². The summed E-state index contributed by atoms with van der Waals surface area (Å²) in [6, 6.07) is 0. The maximum absolute atomic E-state index is 11.3. The summed E-state index contributed by atoms with van der Waals surface area (Å²) < 4.78 is 0. The Kier molecular flexibility index (Phi) is 2.09. The molecule has 0 bridgehead atoms. The Hall–Kier alpha value is -2.38. The highest BCUT2D eigenvalue weighted by molar-refractivity contribution is 6.01. The molecule has 0 radical (unpaired) electrons. The van der Waals surface area contributed by atoms with Crippen LogP contribution in [0.3, 0.4) is 0 Å². The Morgan fingerprint density at radius 2 is 2.36 bits per heavy atom. The van der Waals surface area contributed by atoms with Crippen molar-refractivity contribution in [3.8, 4) is 0 Å². The fourth-order valence-electron chi connectivity index (χ4n) is 0.781. The van der Waals surface area contributed by atoms with E-state index in [4.69, 9.17) is 0 Å². The van der Waals surface area contributed by atoms with E-state index in [1.165, 1.54) is 18.6 Å². The van der Waals surface area contributed by atoms with Gasteiger partial charge in [0.2, 0.25) is 5.95 Å². The minimum atomic E-state index is -0.438. The van der Waals surface area contributed by atoms with Crippen LogP contribution in [-0.2, 0) is 0 Å². The van der Waals surface area contributed by atoms with Gasteiger partial charge in [-0.25, -0.2) is 4.98 Å². The molecule has 2 aromatic heterocycles. The number of H-pyrrole nitrogens is 1. The summed E-state index contributed by atoms with van der Waals surface area (Å²) in [5.41, 5.74) is 0.164. The number of anilines is 1. The molecule has 8 nitrogen and oxygen atoms in total. The number of amides is 1. The third kappa shape index (κ3) is 1.68. The van der Waals surface area contributed by atoms with Crippen molar-refractivity contribution in [2.45, 2.75) is 0 Å². The molecule has 0 spiro atoms. The van der Waals surface area contributed by atoms with Crippen molar-refractivity contribution in [3.63, 3.8) is 0 Å². The average Bonchev–Trinajstić information content (AvgIpc) is 2.72. The SMILES string of the molecule is O=C(Nc1nccnn1)c1cn[nH]n1. The van der Waals surface area contributed by atoms with E-state index in [9.17, 15) is 4.79 Å². The normalized spacial score (nSPS) is 9.71. The van der Waals surface area contributed by atoms with Gasteiger partial charge >= 0.3 is 0 Å². The molecule has 0 aromatic carbocycles. The lowest BCUT2D eigenvalue weighted by Gasteiger charge is -1.97. The van der Waals surface area contributed by atoms with Crippen molar-refractivity contribution in [1.29, 1.82) is 0 Å². The predicted molar refractivity (Wildman–Crippen MR) is 44.2 cm³/mol. The van der Waals surface area contributed by atoms with E-state index in [1.54, 1.807) is 0 Å². The van der Waals surface area contributed by atoms with Crippen LogP contribution in [0.25, 0.3) is 0 Å². The molecule has 8 heteroatoms. The van der Waals surface area contributed by atoms with Crippen molar-refractivity contribution in [3.05, 3.63) is 24.3 Å². The molecular formula is C6H5N7O. The summed E-state index contributed by atoms with van der Waals surface area (Å²) in [7, 11) is 0. The Balaban J connectivity index is 2.10. The molecule has 0 aliphatic carbocycles. The van der Waals surface area contributed by atoms with Crippen molar-refractivity contribution >= 4 is 11.9 Å². The first kappa shape index (κ1) is 8.23. The van der Waals surface area contributed by atoms with Gasteiger partial charge in [0.15, 0.2) is 5.69 Å². The van der Waals surface area contributed by atoms with Crippen molar-refractivity contribution in [1.82, 2.24) is 30.6 Å². The zero-order chi connectivity index (χ0) is 9.80. The van der Waals surface area contributed by atoms with Crippen LogP contribution < -0.4 is 5.32 Å². The Morgan fingerprint density at radius 3 is 3.00 bits per heavy atom. The molecule has 2 rings (SSSR count). The number of nitrogens with zero attached hydrogens (tertiary/aromatic N) is 5. The molecule has 0 aliphatic heterocycles. The first-order valence-corrected chi connectivity index (χ1v) is 3.67. The van der Waals surface area contributed by atoms with Gasteiger partial charge < -0.3 is 0 Å². The zero-order valence-corrected chi connectivity index (χ0v) is 6.88. The molecule has 14 heavy (non-hydrogen) atoms. The van der Waals surface area contributed by atoms with Crippen molar-refractivity contribution in [2.24, 2.45) is 0 Å². The second-order valence-corrected chi connectivity index (χ2v) is 2.28. The molecule has 70 valence electrons. The van der Waals surface area contributed by atoms with Gasteiger partial charge in [0.1, 0.15) is 0 Å². The van der Waals surface area contributed by atoms with Crippen LogP contribution in [0.4, 0.5) is 5.95 Å². The van der Waals surface area contributed by atoms with Crippen molar-refractivity contribution < 1.29 is 4.79 Å². The van der Waals surface area contributed by atoms with Crippen LogP contribution in [0.2, 0.25) is 0 Å². The average molecular weight is 191 g/mol. The molecule has 2 heterocycles. The monoisotopic (exact) mass is 191 g/mol. The largest absolute Gasteiger partial charge is 0.288 e. The number of hydrogen-bond donors (Lipinski definition) is 2. The zero-order valence-electron chi connectivity index (χ0n) is 6.88. The minimum absolute atomic E-state index is 0.125. The Morgan fingerprint density at radius 1 is 1.43 bits per heavy atom. The molecule has 0 atom stereocenters. The summed E-state index contributed by atoms with van der Waals surface area (Å²) >= 11 is 0. The van der Waals surface area contributed by atoms with Gasteiger partial charge in [-0.1, -0.05) is 0 Å². The Bertz CT molecular complexity index is 411. The van der Waals surface area contributed by atoms with Crippen LogP contribution in [0.15, 0.2) is 18.6 Å². The van der Waals surface area contributed by atoms with Gasteiger partial charge in [0.05, 0.1) is 18.6 Å². The summed E-state index contributed by atoms with van der Waals surface area (Å²) in [5, 5.41) is 18.9. The first-order chi connectivity index (χ1) is 6.86. The van der Waals surface area contributed by atoms with Gasteiger partial charge in [-0.2, -0.15) is 20.5 Å². The Labute approximate surface area is 77.8 Å². The van der Waals surface area contributed by atoms with Gasteiger partial charge in [-0.3, -0.25) is 10.1 Å². The van der Waals surface area contributed by atoms with Crippen LogP contribution in [0.5, 0.6) is 0 Å². The third-order valence-corrected chi connectivity index (χ3v) is 1.36. The van der Waals surface area contributed by atoms with Gasteiger partial charge in [0, 0.05) is 0 Å². The van der Waals surface area contributed by atoms with Crippen LogP contribution in [0.1, 0.15) is 10.5 Å². The molecule has 0 fully saturated rings. The fourth-order valence-corrected chi connectivity index (χ4v) is 0.781. The maximum atomic E-state index is 11.3. The fraction of sp³-hybridized carbons (Fsp3) is 0. The number of hydrogen-bond acceptors (Lipinski definition) is 6. The minimum Gasteiger partial charge on any atom is -0.288 e. The molecular weight excluding hydrogens is 186 g/mol. The van der Waals surface area contributed by atoms with E-state index >= 15 is 0 Å². The number of nitrogens with one attached hydrogen (secondary N) is 2. The summed E-state index contributed by atoms with van der Waals surface area (Å²) in [4.78, 5) is 15.1. The standard InChI is InChI=1S/C6H5N7O/c14-5(4-3-9-13-11-4)10-6-7-1-2-8-12-6/h1-3H,(H,9,11,13)(H,7,10,12,14). The van der Waals surface area contributed by atoms with Crippen molar-refractivity contribution in [2.75, 3.05) is 5.32 Å². The first-order valence-electron chi connectivity index (χ1n) is 3.67. The maximum Gasteiger partial charge on any atom is 0.280 e.